The number of ether oxygens (including phenoxy) is 1. The van der Waals surface area contributed by atoms with Gasteiger partial charge in [0.1, 0.15) is 11.9 Å². The minimum Gasteiger partial charge on any atom is -0.442 e. The number of hydrogen-bond acceptors (Lipinski definition) is 5. The standard InChI is InChI=1S/C22H25FN4O2S/c1-16(30)24-14-19-15-27(22(28)29-19)18-7-8-21(20(23)13-18)26-11-9-25(10-12-26)17-5-3-2-4-6-17/h2-8,13,19H,9-12,14-15H2,1H3,(H,24,30). The lowest BCUT2D eigenvalue weighted by Crippen LogP contribution is -2.46. The van der Waals surface area contributed by atoms with E-state index >= 15 is 0 Å². The number of carbonyl (C=O) groups is 1. The van der Waals surface area contributed by atoms with Gasteiger partial charge in [-0.15, -0.1) is 0 Å². The number of cyclic esters (lactones) is 1. The first kappa shape index (κ1) is 20.4. The topological polar surface area (TPSA) is 48.0 Å². The number of piperazine rings is 1. The maximum Gasteiger partial charge on any atom is 0.414 e. The van der Waals surface area contributed by atoms with Crippen molar-refractivity contribution in [2.45, 2.75) is 13.0 Å². The molecule has 2 saturated heterocycles. The van der Waals surface area contributed by atoms with Gasteiger partial charge in [0.15, 0.2) is 0 Å². The Morgan fingerprint density at radius 1 is 1.10 bits per heavy atom. The van der Waals surface area contributed by atoms with Gasteiger partial charge in [-0.05, 0) is 37.3 Å². The fourth-order valence-corrected chi connectivity index (χ4v) is 3.94. The van der Waals surface area contributed by atoms with E-state index in [-0.39, 0.29) is 11.9 Å². The molecule has 8 heteroatoms. The maximum absolute atomic E-state index is 14.9. The van der Waals surface area contributed by atoms with Gasteiger partial charge >= 0.3 is 6.09 Å². The molecule has 6 nitrogen and oxygen atoms in total. The van der Waals surface area contributed by atoms with Gasteiger partial charge in [-0.3, -0.25) is 4.90 Å². The molecule has 1 unspecified atom stereocenters. The molecule has 2 aromatic carbocycles. The molecule has 4 rings (SSSR count). The van der Waals surface area contributed by atoms with Gasteiger partial charge in [-0.25, -0.2) is 9.18 Å². The van der Waals surface area contributed by atoms with Gasteiger partial charge in [0.2, 0.25) is 0 Å². The third-order valence-electron chi connectivity index (χ3n) is 5.44. The number of nitrogens with zero attached hydrogens (tertiary/aromatic N) is 3. The molecule has 2 aliphatic heterocycles. The minimum atomic E-state index is -0.465. The molecule has 30 heavy (non-hydrogen) atoms. The second kappa shape index (κ2) is 8.87. The van der Waals surface area contributed by atoms with Crippen molar-refractivity contribution in [1.29, 1.82) is 0 Å². The van der Waals surface area contributed by atoms with Crippen LogP contribution < -0.4 is 20.0 Å². The molecule has 2 aromatic rings. The molecule has 0 radical (unpaired) electrons. The first-order valence-electron chi connectivity index (χ1n) is 10.1. The molecule has 1 atom stereocenters. The third kappa shape index (κ3) is 4.48. The van der Waals surface area contributed by atoms with E-state index in [0.29, 0.717) is 29.5 Å². The second-order valence-corrected chi connectivity index (χ2v) is 8.11. The van der Waals surface area contributed by atoms with Crippen LogP contribution in [0.2, 0.25) is 0 Å². The molecular weight excluding hydrogens is 403 g/mol. The highest BCUT2D eigenvalue weighted by molar-refractivity contribution is 7.80. The molecule has 1 N–H and O–H groups in total. The van der Waals surface area contributed by atoms with Crippen molar-refractivity contribution in [1.82, 2.24) is 5.32 Å². The summed E-state index contributed by atoms with van der Waals surface area (Å²) in [5.41, 5.74) is 2.26. The quantitative estimate of drug-likeness (QED) is 0.737. The number of amides is 1. The lowest BCUT2D eigenvalue weighted by molar-refractivity contribution is 0.143. The highest BCUT2D eigenvalue weighted by Gasteiger charge is 2.33. The molecule has 0 bridgehead atoms. The zero-order valence-electron chi connectivity index (χ0n) is 16.9. The first-order valence-corrected chi connectivity index (χ1v) is 10.5. The molecule has 2 fully saturated rings. The van der Waals surface area contributed by atoms with Crippen LogP contribution in [0.1, 0.15) is 6.92 Å². The Bertz CT molecular complexity index is 919. The van der Waals surface area contributed by atoms with E-state index in [4.69, 9.17) is 17.0 Å². The summed E-state index contributed by atoms with van der Waals surface area (Å²) in [6.45, 7) is 5.73. The van der Waals surface area contributed by atoms with E-state index < -0.39 is 6.09 Å². The number of rotatable bonds is 5. The van der Waals surface area contributed by atoms with Gasteiger partial charge in [0.05, 0.1) is 29.5 Å². The predicted molar refractivity (Wildman–Crippen MR) is 121 cm³/mol. The van der Waals surface area contributed by atoms with Crippen LogP contribution in [0.25, 0.3) is 0 Å². The fraction of sp³-hybridized carbons (Fsp3) is 0.364. The highest BCUT2D eigenvalue weighted by Crippen LogP contribution is 2.29. The molecule has 2 heterocycles. The number of para-hydroxylation sites is 1. The molecule has 2 aliphatic rings. The molecule has 0 saturated carbocycles. The van der Waals surface area contributed by atoms with Crippen LogP contribution in [-0.2, 0) is 4.74 Å². The second-order valence-electron chi connectivity index (χ2n) is 7.50. The van der Waals surface area contributed by atoms with Crippen LogP contribution in [0.3, 0.4) is 0 Å². The van der Waals surface area contributed by atoms with E-state index in [1.807, 2.05) is 18.2 Å². The Balaban J connectivity index is 1.39. The lowest BCUT2D eigenvalue weighted by Gasteiger charge is -2.37. The van der Waals surface area contributed by atoms with Crippen LogP contribution in [0, 0.1) is 5.82 Å². The molecule has 0 spiro atoms. The zero-order chi connectivity index (χ0) is 21.1. The molecule has 158 valence electrons. The number of thiocarbonyl (C=S) groups is 1. The monoisotopic (exact) mass is 428 g/mol. The van der Waals surface area contributed by atoms with Gasteiger partial charge in [-0.2, -0.15) is 0 Å². The molecular formula is C22H25FN4O2S. The van der Waals surface area contributed by atoms with E-state index in [1.54, 1.807) is 19.1 Å². The van der Waals surface area contributed by atoms with Crippen LogP contribution in [0.15, 0.2) is 48.5 Å². The van der Waals surface area contributed by atoms with Crippen molar-refractivity contribution in [3.8, 4) is 0 Å². The fourth-order valence-electron chi connectivity index (χ4n) is 3.86. The third-order valence-corrected chi connectivity index (χ3v) is 5.58. The van der Waals surface area contributed by atoms with Crippen molar-refractivity contribution in [2.75, 3.05) is 54.0 Å². The van der Waals surface area contributed by atoms with E-state index in [0.717, 1.165) is 26.2 Å². The largest absolute Gasteiger partial charge is 0.442 e. The minimum absolute atomic E-state index is 0.316. The number of anilines is 3. The van der Waals surface area contributed by atoms with Crippen molar-refractivity contribution in [3.05, 3.63) is 54.3 Å². The summed E-state index contributed by atoms with van der Waals surface area (Å²) in [5.74, 6) is -0.329. The summed E-state index contributed by atoms with van der Waals surface area (Å²) < 4.78 is 20.3. The Hall–Kier alpha value is -2.87. The molecule has 0 aromatic heterocycles. The van der Waals surface area contributed by atoms with Crippen molar-refractivity contribution < 1.29 is 13.9 Å². The van der Waals surface area contributed by atoms with Crippen molar-refractivity contribution in [2.24, 2.45) is 0 Å². The maximum atomic E-state index is 14.9. The number of halogens is 1. The summed E-state index contributed by atoms with van der Waals surface area (Å²) in [4.78, 5) is 18.7. The Kier molecular flexibility index (Phi) is 6.03. The first-order chi connectivity index (χ1) is 14.5. The van der Waals surface area contributed by atoms with Crippen LogP contribution in [0.5, 0.6) is 0 Å². The van der Waals surface area contributed by atoms with Crippen LogP contribution >= 0.6 is 12.2 Å². The number of benzene rings is 2. The Labute approximate surface area is 181 Å². The summed E-state index contributed by atoms with van der Waals surface area (Å²) in [5, 5.41) is 3.00. The zero-order valence-corrected chi connectivity index (χ0v) is 17.7. The van der Waals surface area contributed by atoms with Gasteiger partial charge in [-0.1, -0.05) is 30.4 Å². The molecule has 0 aliphatic carbocycles. The van der Waals surface area contributed by atoms with Crippen molar-refractivity contribution in [3.63, 3.8) is 0 Å². The van der Waals surface area contributed by atoms with Gasteiger partial charge in [0, 0.05) is 31.9 Å². The average Bonchev–Trinajstić information content (AvgIpc) is 3.13. The summed E-state index contributed by atoms with van der Waals surface area (Å²) in [6, 6.07) is 15.2. The number of carbonyl (C=O) groups excluding carboxylic acids is 1. The lowest BCUT2D eigenvalue weighted by atomic mass is 10.2. The summed E-state index contributed by atoms with van der Waals surface area (Å²) in [7, 11) is 0. The van der Waals surface area contributed by atoms with Gasteiger partial charge in [0.25, 0.3) is 0 Å². The highest BCUT2D eigenvalue weighted by atomic mass is 32.1. The summed E-state index contributed by atoms with van der Waals surface area (Å²) >= 11 is 4.99. The Morgan fingerprint density at radius 3 is 2.47 bits per heavy atom. The smallest absolute Gasteiger partial charge is 0.414 e. The van der Waals surface area contributed by atoms with E-state index in [1.165, 1.54) is 16.7 Å². The van der Waals surface area contributed by atoms with E-state index in [9.17, 15) is 9.18 Å². The Morgan fingerprint density at radius 2 is 1.80 bits per heavy atom. The van der Waals surface area contributed by atoms with Crippen LogP contribution in [0.4, 0.5) is 26.2 Å². The molecule has 1 amide bonds. The summed E-state index contributed by atoms with van der Waals surface area (Å²) in [6.07, 6.45) is -0.781. The average molecular weight is 429 g/mol. The normalized spacial score (nSPS) is 19.1. The predicted octanol–water partition coefficient (Wildman–Crippen LogP) is 3.41. The van der Waals surface area contributed by atoms with Gasteiger partial charge < -0.3 is 19.9 Å². The number of nitrogens with one attached hydrogen (secondary N) is 1. The van der Waals surface area contributed by atoms with E-state index in [2.05, 4.69) is 27.2 Å². The van der Waals surface area contributed by atoms with Crippen molar-refractivity contribution >= 4 is 40.4 Å². The number of hydrogen-bond donors (Lipinski definition) is 1. The SMILES string of the molecule is CC(=S)NCC1CN(c2ccc(N3CCN(c4ccccc4)CC3)c(F)c2)C(=O)O1. The van der Waals surface area contributed by atoms with Crippen LogP contribution in [-0.4, -0.2) is 56.5 Å².